The van der Waals surface area contributed by atoms with Crippen molar-refractivity contribution in [1.82, 2.24) is 9.55 Å². The van der Waals surface area contributed by atoms with Gasteiger partial charge in [0.1, 0.15) is 6.54 Å². The van der Waals surface area contributed by atoms with Crippen LogP contribution in [0.3, 0.4) is 0 Å². The van der Waals surface area contributed by atoms with E-state index in [0.717, 1.165) is 17.1 Å². The zero-order chi connectivity index (χ0) is 11.6. The first-order valence-corrected chi connectivity index (χ1v) is 4.11. The zero-order valence-electron chi connectivity index (χ0n) is 7.82. The minimum atomic E-state index is -4.33. The first kappa shape index (κ1) is 11.5. The summed E-state index contributed by atoms with van der Waals surface area (Å²) < 4.78 is 36.7. The zero-order valence-corrected chi connectivity index (χ0v) is 7.82. The molecule has 0 spiro atoms. The second-order valence-electron chi connectivity index (χ2n) is 3.15. The highest BCUT2D eigenvalue weighted by Gasteiger charge is 2.28. The van der Waals surface area contributed by atoms with Crippen LogP contribution in [0, 0.1) is 0 Å². The average Bonchev–Trinajstić information content (AvgIpc) is 2.48. The van der Waals surface area contributed by atoms with E-state index in [1.54, 1.807) is 0 Å². The maximum Gasteiger partial charge on any atom is 0.406 e. The third-order valence-corrected chi connectivity index (χ3v) is 1.83. The Morgan fingerprint density at radius 3 is 2.73 bits per heavy atom. The molecule has 84 valence electrons. The fourth-order valence-corrected chi connectivity index (χ4v) is 1.02. The summed E-state index contributed by atoms with van der Waals surface area (Å²) in [5.41, 5.74) is 0.117. The minimum absolute atomic E-state index is 0.117. The van der Waals surface area contributed by atoms with Gasteiger partial charge in [0.25, 0.3) is 0 Å². The van der Waals surface area contributed by atoms with Gasteiger partial charge in [-0.25, -0.2) is 4.98 Å². The summed E-state index contributed by atoms with van der Waals surface area (Å²) in [6.07, 6.45) is -2.26. The van der Waals surface area contributed by atoms with Crippen molar-refractivity contribution in [2.24, 2.45) is 0 Å². The van der Waals surface area contributed by atoms with Crippen molar-refractivity contribution in [3.05, 3.63) is 18.2 Å². The number of imidazole rings is 1. The minimum Gasteiger partial charge on any atom is -0.481 e. The van der Waals surface area contributed by atoms with Gasteiger partial charge < -0.3 is 9.67 Å². The van der Waals surface area contributed by atoms with Crippen molar-refractivity contribution in [2.75, 3.05) is 0 Å². The second-order valence-corrected chi connectivity index (χ2v) is 3.15. The van der Waals surface area contributed by atoms with Crippen molar-refractivity contribution in [3.8, 4) is 0 Å². The number of carbonyl (C=O) groups is 1. The SMILES string of the molecule is CC(C(=O)O)c1cn(CC(F)(F)F)cn1. The molecule has 0 saturated heterocycles. The lowest BCUT2D eigenvalue weighted by molar-refractivity contribution is -0.140. The van der Waals surface area contributed by atoms with Gasteiger partial charge in [0, 0.05) is 6.20 Å². The summed E-state index contributed by atoms with van der Waals surface area (Å²) in [6, 6.07) is 0. The fraction of sp³-hybridized carbons (Fsp3) is 0.500. The summed E-state index contributed by atoms with van der Waals surface area (Å²) in [5.74, 6) is -2.02. The summed E-state index contributed by atoms with van der Waals surface area (Å²) in [5, 5.41) is 8.61. The molecule has 0 aliphatic heterocycles. The number of alkyl halides is 3. The van der Waals surface area contributed by atoms with Crippen LogP contribution in [-0.4, -0.2) is 26.8 Å². The van der Waals surface area contributed by atoms with Gasteiger partial charge >= 0.3 is 12.1 Å². The Hall–Kier alpha value is -1.53. The molecule has 0 aromatic carbocycles. The Morgan fingerprint density at radius 2 is 2.27 bits per heavy atom. The van der Waals surface area contributed by atoms with Gasteiger partial charge in [0.05, 0.1) is 17.9 Å². The van der Waals surface area contributed by atoms with Crippen LogP contribution in [0.5, 0.6) is 0 Å². The van der Waals surface area contributed by atoms with E-state index in [4.69, 9.17) is 5.11 Å². The van der Waals surface area contributed by atoms with Gasteiger partial charge in [-0.1, -0.05) is 0 Å². The van der Waals surface area contributed by atoms with Gasteiger partial charge in [0.2, 0.25) is 0 Å². The molecule has 1 aromatic heterocycles. The number of aromatic nitrogens is 2. The topological polar surface area (TPSA) is 55.1 Å². The van der Waals surface area contributed by atoms with Crippen LogP contribution in [0.4, 0.5) is 13.2 Å². The van der Waals surface area contributed by atoms with Gasteiger partial charge in [-0.05, 0) is 6.92 Å². The summed E-state index contributed by atoms with van der Waals surface area (Å²) >= 11 is 0. The lowest BCUT2D eigenvalue weighted by atomic mass is 10.1. The number of carboxylic acid groups (broad SMARTS) is 1. The predicted octanol–water partition coefficient (Wildman–Crippen LogP) is 1.63. The molecule has 7 heteroatoms. The molecule has 0 amide bonds. The van der Waals surface area contributed by atoms with Crippen LogP contribution in [0.15, 0.2) is 12.5 Å². The fourth-order valence-electron chi connectivity index (χ4n) is 1.02. The van der Waals surface area contributed by atoms with Crippen molar-refractivity contribution >= 4 is 5.97 Å². The van der Waals surface area contributed by atoms with Crippen LogP contribution >= 0.6 is 0 Å². The highest BCUT2D eigenvalue weighted by Crippen LogP contribution is 2.19. The Kier molecular flexibility index (Phi) is 3.01. The van der Waals surface area contributed by atoms with Gasteiger partial charge in [-0.3, -0.25) is 4.79 Å². The maximum absolute atomic E-state index is 11.9. The summed E-state index contributed by atoms with van der Waals surface area (Å²) in [6.45, 7) is 0.203. The number of halogens is 3. The molecule has 4 nitrogen and oxygen atoms in total. The molecule has 0 bridgehead atoms. The first-order chi connectivity index (χ1) is 6.79. The highest BCUT2D eigenvalue weighted by molar-refractivity contribution is 5.74. The molecule has 0 aliphatic rings. The van der Waals surface area contributed by atoms with E-state index in [1.807, 2.05) is 0 Å². The number of aliphatic carboxylic acids is 1. The molecular formula is C8H9F3N2O2. The van der Waals surface area contributed by atoms with E-state index >= 15 is 0 Å². The Balaban J connectivity index is 2.77. The largest absolute Gasteiger partial charge is 0.481 e. The first-order valence-electron chi connectivity index (χ1n) is 4.11. The van der Waals surface area contributed by atoms with E-state index in [9.17, 15) is 18.0 Å². The van der Waals surface area contributed by atoms with Gasteiger partial charge in [-0.15, -0.1) is 0 Å². The van der Waals surface area contributed by atoms with E-state index in [0.29, 0.717) is 0 Å². The average molecular weight is 222 g/mol. The molecule has 1 heterocycles. The van der Waals surface area contributed by atoms with Crippen LogP contribution in [-0.2, 0) is 11.3 Å². The van der Waals surface area contributed by atoms with Crippen LogP contribution < -0.4 is 0 Å². The van der Waals surface area contributed by atoms with Crippen molar-refractivity contribution in [1.29, 1.82) is 0 Å². The quantitative estimate of drug-likeness (QED) is 0.845. The molecule has 1 N–H and O–H groups in total. The number of hydrogen-bond acceptors (Lipinski definition) is 2. The molecule has 1 unspecified atom stereocenters. The maximum atomic E-state index is 11.9. The Bertz CT molecular complexity index is 359. The van der Waals surface area contributed by atoms with Crippen molar-refractivity contribution in [3.63, 3.8) is 0 Å². The molecule has 15 heavy (non-hydrogen) atoms. The highest BCUT2D eigenvalue weighted by atomic mass is 19.4. The third-order valence-electron chi connectivity index (χ3n) is 1.83. The van der Waals surface area contributed by atoms with Crippen molar-refractivity contribution in [2.45, 2.75) is 25.6 Å². The predicted molar refractivity (Wildman–Crippen MR) is 44.3 cm³/mol. The lowest BCUT2D eigenvalue weighted by Gasteiger charge is -2.06. The van der Waals surface area contributed by atoms with E-state index in [-0.39, 0.29) is 5.69 Å². The smallest absolute Gasteiger partial charge is 0.406 e. The Morgan fingerprint density at radius 1 is 1.67 bits per heavy atom. The summed E-state index contributed by atoms with van der Waals surface area (Å²) in [4.78, 5) is 14.1. The molecule has 1 rings (SSSR count). The second kappa shape index (κ2) is 3.92. The third kappa shape index (κ3) is 3.26. The van der Waals surface area contributed by atoms with Crippen LogP contribution in [0.2, 0.25) is 0 Å². The Labute approximate surface area is 83.3 Å². The van der Waals surface area contributed by atoms with E-state index < -0.39 is 24.6 Å². The summed E-state index contributed by atoms with van der Waals surface area (Å²) in [7, 11) is 0. The molecule has 1 atom stereocenters. The standard InChI is InChI=1S/C8H9F3N2O2/c1-5(7(14)15)6-2-13(4-12-6)3-8(9,10)11/h2,4-5H,3H2,1H3,(H,14,15). The molecule has 0 radical (unpaired) electrons. The van der Waals surface area contributed by atoms with E-state index in [2.05, 4.69) is 4.98 Å². The molecule has 1 aromatic rings. The molecule has 0 fully saturated rings. The monoisotopic (exact) mass is 222 g/mol. The lowest BCUT2D eigenvalue weighted by Crippen LogP contribution is -2.16. The molecular weight excluding hydrogens is 213 g/mol. The number of nitrogens with zero attached hydrogens (tertiary/aromatic N) is 2. The number of hydrogen-bond donors (Lipinski definition) is 1. The van der Waals surface area contributed by atoms with Gasteiger partial charge in [0.15, 0.2) is 0 Å². The number of carboxylic acids is 1. The number of rotatable bonds is 3. The van der Waals surface area contributed by atoms with E-state index in [1.165, 1.54) is 6.92 Å². The van der Waals surface area contributed by atoms with Crippen LogP contribution in [0.25, 0.3) is 0 Å². The van der Waals surface area contributed by atoms with Crippen molar-refractivity contribution < 1.29 is 23.1 Å². The van der Waals surface area contributed by atoms with Gasteiger partial charge in [-0.2, -0.15) is 13.2 Å². The molecule has 0 aliphatic carbocycles. The van der Waals surface area contributed by atoms with Crippen LogP contribution in [0.1, 0.15) is 18.5 Å². The normalized spacial score (nSPS) is 13.9. The molecule has 0 saturated carbocycles.